The first-order valence-corrected chi connectivity index (χ1v) is 16.5. The fraction of sp³-hybridized carbons (Fsp3) is 0.410. The number of fused-ring (bicyclic) bond motifs is 3. The van der Waals surface area contributed by atoms with Crippen LogP contribution in [0.5, 0.6) is 40.2 Å². The number of hydrogen-bond acceptors (Lipinski definition) is 9. The fourth-order valence-corrected chi connectivity index (χ4v) is 6.25. The molecule has 0 bridgehead atoms. The maximum Gasteiger partial charge on any atom is 0.188 e. The molecule has 0 amide bonds. The summed E-state index contributed by atoms with van der Waals surface area (Å²) in [5, 5.41) is 0. The van der Waals surface area contributed by atoms with Crippen molar-refractivity contribution in [1.82, 2.24) is 4.57 Å². The van der Waals surface area contributed by atoms with Gasteiger partial charge in [0.05, 0.1) is 51.0 Å². The lowest BCUT2D eigenvalue weighted by Gasteiger charge is -2.24. The lowest BCUT2D eigenvalue weighted by molar-refractivity contribution is 0.0512. The lowest BCUT2D eigenvalue weighted by Crippen LogP contribution is -2.14. The summed E-state index contributed by atoms with van der Waals surface area (Å²) in [6.45, 7) is 12.3. The van der Waals surface area contributed by atoms with Crippen LogP contribution in [0.1, 0.15) is 57.6 Å². The van der Waals surface area contributed by atoms with Crippen molar-refractivity contribution in [2.24, 2.45) is 0 Å². The molecule has 262 valence electrons. The molecule has 0 unspecified atom stereocenters. The third-order valence-corrected chi connectivity index (χ3v) is 8.07. The standard InChI is InChI=1S/C39H47NO9/c1-22(2)47-34-16-26(11-12-30(34)43-8)37-38(28-18-33(45-10)36(49-24(5)6)19-31(28)46-21-42-7)29(20-41)40-14-13-25-15-35(48-23(3)4)32(44-9)17-27(25)39(37)40/h11-12,15-20,22-24H,13-14,21H2,1-10H3. The summed E-state index contributed by atoms with van der Waals surface area (Å²) in [5.41, 5.74) is 6.27. The second kappa shape index (κ2) is 15.2. The second-order valence-electron chi connectivity index (χ2n) is 12.6. The molecule has 10 nitrogen and oxygen atoms in total. The number of carbonyl (C=O) groups is 1. The largest absolute Gasteiger partial charge is 0.493 e. The van der Waals surface area contributed by atoms with E-state index in [0.717, 1.165) is 34.2 Å². The van der Waals surface area contributed by atoms with Gasteiger partial charge < -0.3 is 42.5 Å². The van der Waals surface area contributed by atoms with Gasteiger partial charge in [-0.25, -0.2) is 0 Å². The summed E-state index contributed by atoms with van der Waals surface area (Å²) < 4.78 is 49.5. The number of carbonyl (C=O) groups excluding carboxylic acids is 1. The molecule has 0 saturated heterocycles. The molecule has 0 atom stereocenters. The van der Waals surface area contributed by atoms with Crippen molar-refractivity contribution in [3.63, 3.8) is 0 Å². The first-order chi connectivity index (χ1) is 23.5. The van der Waals surface area contributed by atoms with E-state index in [1.807, 2.05) is 77.9 Å². The Morgan fingerprint density at radius 3 is 1.78 bits per heavy atom. The Balaban J connectivity index is 1.92. The number of nitrogens with zero attached hydrogens (tertiary/aromatic N) is 1. The van der Waals surface area contributed by atoms with Crippen molar-refractivity contribution in [3.8, 4) is 73.8 Å². The van der Waals surface area contributed by atoms with Crippen LogP contribution >= 0.6 is 0 Å². The minimum Gasteiger partial charge on any atom is -0.493 e. The van der Waals surface area contributed by atoms with E-state index in [1.54, 1.807) is 34.5 Å². The van der Waals surface area contributed by atoms with Gasteiger partial charge in [-0.2, -0.15) is 0 Å². The van der Waals surface area contributed by atoms with E-state index >= 15 is 0 Å². The summed E-state index contributed by atoms with van der Waals surface area (Å²) in [6, 6.07) is 13.5. The molecule has 0 aliphatic carbocycles. The number of rotatable bonds is 15. The van der Waals surface area contributed by atoms with Crippen LogP contribution < -0.4 is 33.2 Å². The average Bonchev–Trinajstić information content (AvgIpc) is 3.40. The van der Waals surface area contributed by atoms with Gasteiger partial charge in [0.1, 0.15) is 5.75 Å². The number of methoxy groups -OCH3 is 4. The Bertz CT molecular complexity index is 1810. The monoisotopic (exact) mass is 673 g/mol. The molecule has 0 fully saturated rings. The van der Waals surface area contributed by atoms with E-state index in [9.17, 15) is 4.79 Å². The van der Waals surface area contributed by atoms with Gasteiger partial charge in [0, 0.05) is 42.0 Å². The van der Waals surface area contributed by atoms with Crippen molar-refractivity contribution >= 4 is 6.29 Å². The van der Waals surface area contributed by atoms with Gasteiger partial charge >= 0.3 is 0 Å². The predicted octanol–water partition coefficient (Wildman–Crippen LogP) is 8.23. The number of aryl methyl sites for hydroxylation is 1. The first-order valence-electron chi connectivity index (χ1n) is 16.5. The lowest BCUT2D eigenvalue weighted by atomic mass is 9.89. The highest BCUT2D eigenvalue weighted by Crippen LogP contribution is 2.53. The smallest absolute Gasteiger partial charge is 0.188 e. The van der Waals surface area contributed by atoms with Gasteiger partial charge in [0.2, 0.25) is 0 Å². The first kappa shape index (κ1) is 35.5. The number of hydrogen-bond donors (Lipinski definition) is 0. The number of aromatic nitrogens is 1. The van der Waals surface area contributed by atoms with Crippen molar-refractivity contribution in [2.75, 3.05) is 35.2 Å². The molecule has 0 N–H and O–H groups in total. The SMILES string of the molecule is COCOc1cc(OC(C)C)c(OC)cc1-c1c(-c2ccc(OC)c(OC(C)C)c2)c2n(c1C=O)CCc1cc(OC(C)C)c(OC)cc1-2. The van der Waals surface area contributed by atoms with Gasteiger partial charge in [-0.1, -0.05) is 6.07 Å². The molecule has 0 spiro atoms. The molecular weight excluding hydrogens is 626 g/mol. The van der Waals surface area contributed by atoms with E-state index in [4.69, 9.17) is 37.9 Å². The number of aldehydes is 1. The molecule has 2 heterocycles. The molecule has 10 heteroatoms. The maximum absolute atomic E-state index is 13.3. The molecule has 4 aromatic rings. The van der Waals surface area contributed by atoms with Crippen LogP contribution in [0.3, 0.4) is 0 Å². The zero-order chi connectivity index (χ0) is 35.4. The topological polar surface area (TPSA) is 95.8 Å². The van der Waals surface area contributed by atoms with Crippen molar-refractivity contribution < 1.29 is 42.7 Å². The average molecular weight is 674 g/mol. The Morgan fingerprint density at radius 2 is 1.22 bits per heavy atom. The van der Waals surface area contributed by atoms with Gasteiger partial charge in [-0.3, -0.25) is 4.79 Å². The molecule has 1 aliphatic rings. The van der Waals surface area contributed by atoms with Gasteiger partial charge in [0.15, 0.2) is 47.6 Å². The third-order valence-electron chi connectivity index (χ3n) is 8.07. The zero-order valence-electron chi connectivity index (χ0n) is 30.1. The van der Waals surface area contributed by atoms with Crippen LogP contribution in [0, 0.1) is 0 Å². The van der Waals surface area contributed by atoms with Gasteiger partial charge in [-0.05, 0) is 89.4 Å². The maximum atomic E-state index is 13.3. The van der Waals surface area contributed by atoms with Crippen LogP contribution in [0.15, 0.2) is 42.5 Å². The van der Waals surface area contributed by atoms with E-state index in [0.29, 0.717) is 70.0 Å². The van der Waals surface area contributed by atoms with Crippen LogP contribution in [-0.2, 0) is 17.7 Å². The van der Waals surface area contributed by atoms with Gasteiger partial charge in [0.25, 0.3) is 0 Å². The number of benzene rings is 3. The summed E-state index contributed by atoms with van der Waals surface area (Å²) in [4.78, 5) is 13.3. The highest BCUT2D eigenvalue weighted by Gasteiger charge is 2.33. The molecule has 5 rings (SSSR count). The fourth-order valence-electron chi connectivity index (χ4n) is 6.25. The molecule has 1 aliphatic heterocycles. The molecule has 0 saturated carbocycles. The summed E-state index contributed by atoms with van der Waals surface area (Å²) in [7, 11) is 6.39. The number of ether oxygens (including phenoxy) is 8. The minimum absolute atomic E-state index is 0.0205. The van der Waals surface area contributed by atoms with E-state index in [2.05, 4.69) is 4.57 Å². The molecule has 0 radical (unpaired) electrons. The van der Waals surface area contributed by atoms with Crippen LogP contribution in [0.4, 0.5) is 0 Å². The van der Waals surface area contributed by atoms with Crippen molar-refractivity contribution in [1.29, 1.82) is 0 Å². The van der Waals surface area contributed by atoms with Crippen LogP contribution in [0.2, 0.25) is 0 Å². The highest BCUT2D eigenvalue weighted by atomic mass is 16.7. The van der Waals surface area contributed by atoms with Crippen molar-refractivity contribution in [3.05, 3.63) is 53.7 Å². The second-order valence-corrected chi connectivity index (χ2v) is 12.6. The quantitative estimate of drug-likeness (QED) is 0.0914. The Hall–Kier alpha value is -4.83. The van der Waals surface area contributed by atoms with Crippen LogP contribution in [-0.4, -0.2) is 64.4 Å². The summed E-state index contributed by atoms with van der Waals surface area (Å²) in [6.07, 6.45) is 1.32. The molecule has 1 aromatic heterocycles. The highest BCUT2D eigenvalue weighted by molar-refractivity contribution is 6.05. The summed E-state index contributed by atoms with van der Waals surface area (Å²) >= 11 is 0. The summed E-state index contributed by atoms with van der Waals surface area (Å²) in [5.74, 6) is 3.93. The van der Waals surface area contributed by atoms with Crippen LogP contribution in [0.25, 0.3) is 33.5 Å². The molecule has 3 aromatic carbocycles. The molecule has 49 heavy (non-hydrogen) atoms. The van der Waals surface area contributed by atoms with Gasteiger partial charge in [-0.15, -0.1) is 0 Å². The zero-order valence-corrected chi connectivity index (χ0v) is 30.1. The molecular formula is C39H47NO9. The minimum atomic E-state index is -0.118. The van der Waals surface area contributed by atoms with Crippen molar-refractivity contribution in [2.45, 2.75) is 72.8 Å². The van der Waals surface area contributed by atoms with E-state index in [1.165, 1.54) is 0 Å². The van der Waals surface area contributed by atoms with E-state index < -0.39 is 0 Å². The Morgan fingerprint density at radius 1 is 0.653 bits per heavy atom. The Labute approximate surface area is 288 Å². The third kappa shape index (κ3) is 7.15. The van der Waals surface area contributed by atoms with E-state index in [-0.39, 0.29) is 25.1 Å². The Kier molecular flexibility index (Phi) is 11.0. The predicted molar refractivity (Wildman–Crippen MR) is 189 cm³/mol. The normalized spacial score (nSPS) is 12.1.